The molecule has 0 spiro atoms. The topological polar surface area (TPSA) is 39.7 Å². The van der Waals surface area contributed by atoms with Crippen molar-refractivity contribution >= 4 is 29.9 Å². The maximum atomic E-state index is 13.7. The van der Waals surface area contributed by atoms with Gasteiger partial charge in [-0.1, -0.05) is 0 Å². The van der Waals surface area contributed by atoms with Crippen LogP contribution < -0.4 is 10.6 Å². The summed E-state index contributed by atoms with van der Waals surface area (Å²) in [6.07, 6.45) is 2.55. The second-order valence-electron chi connectivity index (χ2n) is 6.79. The summed E-state index contributed by atoms with van der Waals surface area (Å²) >= 11 is 0. The van der Waals surface area contributed by atoms with E-state index >= 15 is 0 Å². The van der Waals surface area contributed by atoms with Gasteiger partial charge in [-0.25, -0.2) is 8.78 Å². The molecule has 0 unspecified atom stereocenters. The van der Waals surface area contributed by atoms with E-state index in [1.807, 2.05) is 6.92 Å². The summed E-state index contributed by atoms with van der Waals surface area (Å²) in [5.41, 5.74) is 0.366. The van der Waals surface area contributed by atoms with Crippen molar-refractivity contribution in [3.05, 3.63) is 35.4 Å². The Hall–Kier alpha value is -0.960. The monoisotopic (exact) mass is 480 g/mol. The number of nitrogens with one attached hydrogen (secondary N) is 2. The molecule has 2 N–H and O–H groups in total. The van der Waals surface area contributed by atoms with Gasteiger partial charge in [-0.15, -0.1) is 24.0 Å². The molecule has 1 aromatic rings. The molecule has 0 aromatic heterocycles. The molecule has 0 saturated carbocycles. The first-order valence-electron chi connectivity index (χ1n) is 9.22. The van der Waals surface area contributed by atoms with Crippen LogP contribution in [0.1, 0.15) is 39.2 Å². The highest BCUT2D eigenvalue weighted by Crippen LogP contribution is 2.13. The van der Waals surface area contributed by atoms with Gasteiger partial charge in [0.15, 0.2) is 5.96 Å². The molecule has 0 aliphatic carbocycles. The maximum Gasteiger partial charge on any atom is 0.191 e. The lowest BCUT2D eigenvalue weighted by molar-refractivity contribution is 0.167. The Kier molecular flexibility index (Phi) is 10.4. The van der Waals surface area contributed by atoms with Crippen LogP contribution in [0.3, 0.4) is 0 Å². The molecule has 2 rings (SSSR count). The normalized spacial score (nSPS) is 16.5. The zero-order valence-electron chi connectivity index (χ0n) is 15.9. The molecule has 1 heterocycles. The molecule has 1 aliphatic heterocycles. The number of guanidine groups is 1. The number of nitrogens with zero attached hydrogens (tertiary/aromatic N) is 2. The van der Waals surface area contributed by atoms with Crippen molar-refractivity contribution in [2.45, 2.75) is 52.1 Å². The van der Waals surface area contributed by atoms with Gasteiger partial charge in [0.25, 0.3) is 0 Å². The highest BCUT2D eigenvalue weighted by atomic mass is 127. The molecule has 1 fully saturated rings. The largest absolute Gasteiger partial charge is 0.357 e. The van der Waals surface area contributed by atoms with Crippen molar-refractivity contribution in [2.24, 2.45) is 4.99 Å². The second-order valence-corrected chi connectivity index (χ2v) is 6.79. The Morgan fingerprint density at radius 3 is 2.58 bits per heavy atom. The van der Waals surface area contributed by atoms with E-state index in [0.29, 0.717) is 30.6 Å². The van der Waals surface area contributed by atoms with Crippen molar-refractivity contribution < 1.29 is 8.78 Å². The molecule has 0 atom stereocenters. The third-order valence-electron chi connectivity index (χ3n) is 4.60. The summed E-state index contributed by atoms with van der Waals surface area (Å²) in [4.78, 5) is 7.00. The lowest BCUT2D eigenvalue weighted by Crippen LogP contribution is -2.49. The highest BCUT2D eigenvalue weighted by Gasteiger charge is 2.21. The molecule has 1 aliphatic rings. The molecule has 4 nitrogen and oxygen atoms in total. The fraction of sp³-hybridized carbons (Fsp3) is 0.632. The van der Waals surface area contributed by atoms with Crippen LogP contribution in [0.25, 0.3) is 0 Å². The fourth-order valence-corrected chi connectivity index (χ4v) is 3.10. The SMILES string of the molecule is CCNC(=NCCc1cc(F)ccc1F)NC1CCN(C(C)C)CC1.I. The third-order valence-corrected chi connectivity index (χ3v) is 4.60. The highest BCUT2D eigenvalue weighted by molar-refractivity contribution is 14.0. The number of hydrogen-bond donors (Lipinski definition) is 2. The van der Waals surface area contributed by atoms with Gasteiger partial charge < -0.3 is 15.5 Å². The van der Waals surface area contributed by atoms with Gasteiger partial charge in [-0.2, -0.15) is 0 Å². The Morgan fingerprint density at radius 1 is 1.27 bits per heavy atom. The summed E-state index contributed by atoms with van der Waals surface area (Å²) in [6, 6.07) is 4.53. The van der Waals surface area contributed by atoms with Gasteiger partial charge in [0.2, 0.25) is 0 Å². The Bertz CT molecular complexity index is 573. The van der Waals surface area contributed by atoms with Crippen LogP contribution in [-0.4, -0.2) is 49.1 Å². The van der Waals surface area contributed by atoms with Gasteiger partial charge in [0.1, 0.15) is 11.6 Å². The Balaban J connectivity index is 0.00000338. The lowest BCUT2D eigenvalue weighted by Gasteiger charge is -2.35. The first-order chi connectivity index (χ1) is 12.0. The van der Waals surface area contributed by atoms with Crippen molar-refractivity contribution in [3.8, 4) is 0 Å². The van der Waals surface area contributed by atoms with Crippen LogP contribution >= 0.6 is 24.0 Å². The van der Waals surface area contributed by atoms with E-state index in [2.05, 4.69) is 34.4 Å². The maximum absolute atomic E-state index is 13.7. The number of hydrogen-bond acceptors (Lipinski definition) is 2. The summed E-state index contributed by atoms with van der Waals surface area (Å²) in [5, 5.41) is 6.71. The Labute approximate surface area is 172 Å². The summed E-state index contributed by atoms with van der Waals surface area (Å²) in [7, 11) is 0. The van der Waals surface area contributed by atoms with E-state index in [1.165, 1.54) is 12.1 Å². The van der Waals surface area contributed by atoms with Crippen LogP contribution in [0.4, 0.5) is 8.78 Å². The van der Waals surface area contributed by atoms with Gasteiger partial charge in [0.05, 0.1) is 0 Å². The van der Waals surface area contributed by atoms with Crippen molar-refractivity contribution in [1.29, 1.82) is 0 Å². The number of benzene rings is 1. The Morgan fingerprint density at radius 2 is 1.96 bits per heavy atom. The van der Waals surface area contributed by atoms with E-state index in [0.717, 1.165) is 44.5 Å². The minimum absolute atomic E-state index is 0. The first-order valence-corrected chi connectivity index (χ1v) is 9.22. The molecule has 1 aromatic carbocycles. The van der Waals surface area contributed by atoms with E-state index in [-0.39, 0.29) is 29.8 Å². The van der Waals surface area contributed by atoms with E-state index < -0.39 is 5.82 Å². The zero-order chi connectivity index (χ0) is 18.2. The van der Waals surface area contributed by atoms with Gasteiger partial charge >= 0.3 is 0 Å². The molecular weight excluding hydrogens is 449 g/mol. The van der Waals surface area contributed by atoms with Crippen molar-refractivity contribution in [2.75, 3.05) is 26.2 Å². The fourth-order valence-electron chi connectivity index (χ4n) is 3.10. The van der Waals surface area contributed by atoms with E-state index in [9.17, 15) is 8.78 Å². The lowest BCUT2D eigenvalue weighted by atomic mass is 10.0. The van der Waals surface area contributed by atoms with Gasteiger partial charge in [-0.3, -0.25) is 4.99 Å². The molecular formula is C19H31F2IN4. The van der Waals surface area contributed by atoms with Crippen LogP contribution in [0, 0.1) is 11.6 Å². The van der Waals surface area contributed by atoms with Crippen LogP contribution in [-0.2, 0) is 6.42 Å². The van der Waals surface area contributed by atoms with Crippen LogP contribution in [0.5, 0.6) is 0 Å². The molecule has 0 radical (unpaired) electrons. The average molecular weight is 480 g/mol. The zero-order valence-corrected chi connectivity index (χ0v) is 18.2. The van der Waals surface area contributed by atoms with Crippen molar-refractivity contribution in [1.82, 2.24) is 15.5 Å². The third kappa shape index (κ3) is 7.34. The number of likely N-dealkylation sites (tertiary alicyclic amines) is 1. The summed E-state index contributed by atoms with van der Waals surface area (Å²) in [6.45, 7) is 9.83. The summed E-state index contributed by atoms with van der Waals surface area (Å²) in [5.74, 6) is -0.0414. The minimum atomic E-state index is -0.415. The summed E-state index contributed by atoms with van der Waals surface area (Å²) < 4.78 is 26.9. The minimum Gasteiger partial charge on any atom is -0.357 e. The molecule has 148 valence electrons. The molecule has 0 amide bonds. The quantitative estimate of drug-likeness (QED) is 0.372. The molecule has 0 bridgehead atoms. The second kappa shape index (κ2) is 11.7. The van der Waals surface area contributed by atoms with E-state index in [1.54, 1.807) is 0 Å². The molecule has 7 heteroatoms. The predicted octanol–water partition coefficient (Wildman–Crippen LogP) is 3.55. The number of rotatable bonds is 6. The number of halogens is 3. The van der Waals surface area contributed by atoms with Crippen LogP contribution in [0.15, 0.2) is 23.2 Å². The average Bonchev–Trinajstić information content (AvgIpc) is 2.58. The molecule has 1 saturated heterocycles. The first kappa shape index (κ1) is 23.1. The van der Waals surface area contributed by atoms with Gasteiger partial charge in [-0.05, 0) is 63.8 Å². The predicted molar refractivity (Wildman–Crippen MR) is 114 cm³/mol. The van der Waals surface area contributed by atoms with Crippen molar-refractivity contribution in [3.63, 3.8) is 0 Å². The van der Waals surface area contributed by atoms with Crippen LogP contribution in [0.2, 0.25) is 0 Å². The molecule has 26 heavy (non-hydrogen) atoms. The van der Waals surface area contributed by atoms with E-state index in [4.69, 9.17) is 0 Å². The number of piperidine rings is 1. The van der Waals surface area contributed by atoms with Gasteiger partial charge in [0, 0.05) is 38.3 Å². The standard InChI is InChI=1S/C19H30F2N4.HI/c1-4-22-19(24-17-8-11-25(12-9-17)14(2)3)23-10-7-15-13-16(20)5-6-18(15)21;/h5-6,13-14,17H,4,7-12H2,1-3H3,(H2,22,23,24);1H. The smallest absolute Gasteiger partial charge is 0.191 e. The number of aliphatic imine (C=N–C) groups is 1.